The van der Waals surface area contributed by atoms with Crippen LogP contribution in [0.4, 0.5) is 0 Å². The predicted molar refractivity (Wildman–Crippen MR) is 63.0 cm³/mol. The normalized spacial score (nSPS) is 27.9. The summed E-state index contributed by atoms with van der Waals surface area (Å²) in [5.41, 5.74) is 1.13. The maximum atomic E-state index is 6.27. The van der Waals surface area contributed by atoms with Crippen LogP contribution in [0, 0.1) is 0 Å². The van der Waals surface area contributed by atoms with Gasteiger partial charge in [-0.25, -0.2) is 0 Å². The van der Waals surface area contributed by atoms with Crippen LogP contribution in [0.2, 0.25) is 0 Å². The molecule has 1 saturated heterocycles. The monoisotopic (exact) mass is 224 g/mol. The maximum absolute atomic E-state index is 6.27. The molecule has 2 rings (SSSR count). The van der Waals surface area contributed by atoms with Crippen LogP contribution in [0.3, 0.4) is 0 Å². The van der Waals surface area contributed by atoms with Gasteiger partial charge < -0.3 is 0 Å². The lowest BCUT2D eigenvalue weighted by Crippen LogP contribution is -2.43. The number of aromatic nitrogens is 1. The van der Waals surface area contributed by atoms with Gasteiger partial charge in [-0.2, -0.15) is 0 Å². The lowest BCUT2D eigenvalue weighted by Gasteiger charge is -2.36. The van der Waals surface area contributed by atoms with Gasteiger partial charge in [-0.05, 0) is 38.4 Å². The van der Waals surface area contributed by atoms with Crippen LogP contribution in [0.15, 0.2) is 24.4 Å². The summed E-state index contributed by atoms with van der Waals surface area (Å²) in [6, 6.07) is 6.52. The topological polar surface area (TPSA) is 16.1 Å². The zero-order valence-corrected chi connectivity index (χ0v) is 9.82. The van der Waals surface area contributed by atoms with Gasteiger partial charge >= 0.3 is 0 Å². The SMILES string of the molecule is CC1C(Cl)CCCN1Cc1ccccn1. The molecule has 2 unspecified atom stereocenters. The fourth-order valence-corrected chi connectivity index (χ4v) is 2.40. The molecule has 0 bridgehead atoms. The van der Waals surface area contributed by atoms with E-state index in [-0.39, 0.29) is 0 Å². The Morgan fingerprint density at radius 2 is 2.40 bits per heavy atom. The summed E-state index contributed by atoms with van der Waals surface area (Å²) >= 11 is 6.27. The van der Waals surface area contributed by atoms with Crippen LogP contribution >= 0.6 is 11.6 Å². The third kappa shape index (κ3) is 2.70. The molecule has 0 saturated carbocycles. The first-order valence-electron chi connectivity index (χ1n) is 5.55. The van der Waals surface area contributed by atoms with Gasteiger partial charge in [0.2, 0.25) is 0 Å². The Balaban J connectivity index is 1.99. The molecule has 1 aromatic heterocycles. The van der Waals surface area contributed by atoms with Crippen LogP contribution < -0.4 is 0 Å². The van der Waals surface area contributed by atoms with E-state index in [4.69, 9.17) is 11.6 Å². The van der Waals surface area contributed by atoms with Crippen LogP contribution in [-0.2, 0) is 6.54 Å². The minimum Gasteiger partial charge on any atom is -0.293 e. The standard InChI is InChI=1S/C12H17ClN2/c1-10-12(13)6-4-8-15(10)9-11-5-2-3-7-14-11/h2-3,5,7,10,12H,4,6,8-9H2,1H3. The number of alkyl halides is 1. The molecule has 0 aromatic carbocycles. The minimum atomic E-state index is 0.294. The van der Waals surface area contributed by atoms with Gasteiger partial charge in [0.05, 0.1) is 5.69 Å². The zero-order valence-electron chi connectivity index (χ0n) is 9.06. The van der Waals surface area contributed by atoms with E-state index < -0.39 is 0 Å². The molecule has 0 amide bonds. The summed E-state index contributed by atoms with van der Waals surface area (Å²) in [5, 5.41) is 0.294. The summed E-state index contributed by atoms with van der Waals surface area (Å²) in [6.45, 7) is 4.27. The van der Waals surface area contributed by atoms with Crippen molar-refractivity contribution in [1.82, 2.24) is 9.88 Å². The van der Waals surface area contributed by atoms with Gasteiger partial charge in [-0.3, -0.25) is 9.88 Å². The molecule has 1 aromatic rings. The van der Waals surface area contributed by atoms with Crippen molar-refractivity contribution in [3.8, 4) is 0 Å². The lowest BCUT2D eigenvalue weighted by molar-refractivity contribution is 0.154. The number of likely N-dealkylation sites (tertiary alicyclic amines) is 1. The molecule has 0 aliphatic carbocycles. The molecule has 1 aliphatic heterocycles. The Morgan fingerprint density at radius 1 is 1.53 bits per heavy atom. The summed E-state index contributed by atoms with van der Waals surface area (Å²) in [4.78, 5) is 6.77. The van der Waals surface area contributed by atoms with E-state index >= 15 is 0 Å². The van der Waals surface area contributed by atoms with E-state index in [9.17, 15) is 0 Å². The van der Waals surface area contributed by atoms with E-state index in [1.54, 1.807) is 0 Å². The average molecular weight is 225 g/mol. The first-order valence-corrected chi connectivity index (χ1v) is 5.99. The molecular weight excluding hydrogens is 208 g/mol. The number of pyridine rings is 1. The predicted octanol–water partition coefficient (Wildman–Crippen LogP) is 2.67. The maximum Gasteiger partial charge on any atom is 0.0544 e. The second-order valence-electron chi connectivity index (χ2n) is 4.19. The third-order valence-corrected chi connectivity index (χ3v) is 3.70. The highest BCUT2D eigenvalue weighted by Crippen LogP contribution is 2.23. The van der Waals surface area contributed by atoms with E-state index in [0.29, 0.717) is 11.4 Å². The highest BCUT2D eigenvalue weighted by molar-refractivity contribution is 6.21. The van der Waals surface area contributed by atoms with Crippen molar-refractivity contribution in [3.05, 3.63) is 30.1 Å². The molecule has 1 aliphatic rings. The molecule has 2 atom stereocenters. The summed E-state index contributed by atoms with van der Waals surface area (Å²) < 4.78 is 0. The second kappa shape index (κ2) is 4.95. The molecule has 0 radical (unpaired) electrons. The zero-order chi connectivity index (χ0) is 10.7. The molecule has 0 spiro atoms. The quantitative estimate of drug-likeness (QED) is 0.719. The number of rotatable bonds is 2. The molecule has 2 heterocycles. The molecule has 2 nitrogen and oxygen atoms in total. The highest BCUT2D eigenvalue weighted by Gasteiger charge is 2.26. The van der Waals surface area contributed by atoms with E-state index in [0.717, 1.165) is 25.2 Å². The van der Waals surface area contributed by atoms with Gasteiger partial charge in [0, 0.05) is 24.2 Å². The van der Waals surface area contributed by atoms with E-state index in [1.807, 2.05) is 18.3 Å². The van der Waals surface area contributed by atoms with Crippen molar-refractivity contribution < 1.29 is 0 Å². The van der Waals surface area contributed by atoms with Crippen LogP contribution in [-0.4, -0.2) is 27.8 Å². The molecule has 15 heavy (non-hydrogen) atoms. The lowest BCUT2D eigenvalue weighted by atomic mass is 10.0. The molecule has 1 fully saturated rings. The van der Waals surface area contributed by atoms with Crippen molar-refractivity contribution >= 4 is 11.6 Å². The van der Waals surface area contributed by atoms with Gasteiger partial charge in [0.1, 0.15) is 0 Å². The Kier molecular flexibility index (Phi) is 3.60. The Labute approximate surface area is 96.3 Å². The van der Waals surface area contributed by atoms with Gasteiger partial charge in [-0.1, -0.05) is 6.07 Å². The fraction of sp³-hybridized carbons (Fsp3) is 0.583. The largest absolute Gasteiger partial charge is 0.293 e. The van der Waals surface area contributed by atoms with Crippen molar-refractivity contribution in [2.24, 2.45) is 0 Å². The number of nitrogens with zero attached hydrogens (tertiary/aromatic N) is 2. The van der Waals surface area contributed by atoms with Gasteiger partial charge in [-0.15, -0.1) is 11.6 Å². The van der Waals surface area contributed by atoms with Crippen molar-refractivity contribution in [2.75, 3.05) is 6.54 Å². The fourth-order valence-electron chi connectivity index (χ4n) is 2.09. The number of piperidine rings is 1. The van der Waals surface area contributed by atoms with E-state index in [1.165, 1.54) is 6.42 Å². The van der Waals surface area contributed by atoms with Crippen LogP contribution in [0.1, 0.15) is 25.5 Å². The molecule has 3 heteroatoms. The summed E-state index contributed by atoms with van der Waals surface area (Å²) in [7, 11) is 0. The number of hydrogen-bond acceptors (Lipinski definition) is 2. The number of hydrogen-bond donors (Lipinski definition) is 0. The summed E-state index contributed by atoms with van der Waals surface area (Å²) in [6.07, 6.45) is 4.19. The van der Waals surface area contributed by atoms with E-state index in [2.05, 4.69) is 22.9 Å². The van der Waals surface area contributed by atoms with Crippen molar-refractivity contribution in [1.29, 1.82) is 0 Å². The Hall–Kier alpha value is -0.600. The summed E-state index contributed by atoms with van der Waals surface area (Å²) in [5.74, 6) is 0. The molecular formula is C12H17ClN2. The van der Waals surface area contributed by atoms with Crippen molar-refractivity contribution in [3.63, 3.8) is 0 Å². The first-order chi connectivity index (χ1) is 7.27. The molecule has 0 N–H and O–H groups in total. The highest BCUT2D eigenvalue weighted by atomic mass is 35.5. The minimum absolute atomic E-state index is 0.294. The van der Waals surface area contributed by atoms with Crippen LogP contribution in [0.5, 0.6) is 0 Å². The van der Waals surface area contributed by atoms with Crippen molar-refractivity contribution in [2.45, 2.75) is 37.7 Å². The second-order valence-corrected chi connectivity index (χ2v) is 4.75. The average Bonchev–Trinajstić information content (AvgIpc) is 2.26. The Morgan fingerprint density at radius 3 is 3.13 bits per heavy atom. The smallest absolute Gasteiger partial charge is 0.0544 e. The number of halogens is 1. The van der Waals surface area contributed by atoms with Gasteiger partial charge in [0.25, 0.3) is 0 Å². The first kappa shape index (κ1) is 10.9. The molecule has 82 valence electrons. The van der Waals surface area contributed by atoms with Gasteiger partial charge in [0.15, 0.2) is 0 Å². The van der Waals surface area contributed by atoms with Crippen LogP contribution in [0.25, 0.3) is 0 Å². The third-order valence-electron chi connectivity index (χ3n) is 3.12. The Bertz CT molecular complexity index is 302.